The Morgan fingerprint density at radius 2 is 2.04 bits per heavy atom. The Morgan fingerprint density at radius 1 is 1.35 bits per heavy atom. The lowest BCUT2D eigenvalue weighted by molar-refractivity contribution is -0.143. The first-order valence-electron chi connectivity index (χ1n) is 8.24. The number of nitrogens with one attached hydrogen (secondary N) is 1. The second-order valence-corrected chi connectivity index (χ2v) is 6.92. The zero-order chi connectivity index (χ0) is 17.0. The largest absolute Gasteiger partial charge is 0.352 e. The van der Waals surface area contributed by atoms with Crippen molar-refractivity contribution < 1.29 is 9.59 Å². The van der Waals surface area contributed by atoms with Gasteiger partial charge in [0.25, 0.3) is 0 Å². The van der Waals surface area contributed by atoms with Crippen molar-refractivity contribution in [2.24, 2.45) is 0 Å². The summed E-state index contributed by atoms with van der Waals surface area (Å²) >= 11 is 6.10. The van der Waals surface area contributed by atoms with Gasteiger partial charge in [0.15, 0.2) is 0 Å². The van der Waals surface area contributed by atoms with Crippen LogP contribution in [0.1, 0.15) is 45.6 Å². The third kappa shape index (κ3) is 3.86. The summed E-state index contributed by atoms with van der Waals surface area (Å²) in [5.41, 5.74) is 0.447. The van der Waals surface area contributed by atoms with E-state index in [2.05, 4.69) is 5.32 Å². The Morgan fingerprint density at radius 3 is 2.52 bits per heavy atom. The Bertz CT molecular complexity index is 582. The van der Waals surface area contributed by atoms with E-state index < -0.39 is 5.41 Å². The Kier molecular flexibility index (Phi) is 5.69. The third-order valence-corrected chi connectivity index (χ3v) is 4.68. The molecule has 0 bridgehead atoms. The molecule has 5 heteroatoms. The van der Waals surface area contributed by atoms with Crippen molar-refractivity contribution in [1.82, 2.24) is 10.2 Å². The topological polar surface area (TPSA) is 49.4 Å². The van der Waals surface area contributed by atoms with Crippen molar-refractivity contribution in [1.29, 1.82) is 0 Å². The maximum Gasteiger partial charge on any atom is 0.239 e. The van der Waals surface area contributed by atoms with Crippen molar-refractivity contribution in [2.75, 3.05) is 13.1 Å². The maximum absolute atomic E-state index is 13.1. The molecule has 1 aliphatic rings. The summed E-state index contributed by atoms with van der Waals surface area (Å²) in [6.45, 7) is 6.36. The van der Waals surface area contributed by atoms with Gasteiger partial charge in [-0.3, -0.25) is 9.59 Å². The minimum absolute atomic E-state index is 0.0347. The zero-order valence-corrected chi connectivity index (χ0v) is 14.8. The van der Waals surface area contributed by atoms with Crippen molar-refractivity contribution in [3.05, 3.63) is 34.9 Å². The monoisotopic (exact) mass is 336 g/mol. The van der Waals surface area contributed by atoms with Crippen LogP contribution in [0.15, 0.2) is 24.3 Å². The molecule has 1 saturated carbocycles. The van der Waals surface area contributed by atoms with Crippen LogP contribution in [0.25, 0.3) is 0 Å². The first kappa shape index (κ1) is 17.8. The predicted octanol–water partition coefficient (Wildman–Crippen LogP) is 3.13. The lowest BCUT2D eigenvalue weighted by Gasteiger charge is -2.43. The van der Waals surface area contributed by atoms with Crippen LogP contribution in [-0.2, 0) is 15.0 Å². The van der Waals surface area contributed by atoms with E-state index in [1.165, 1.54) is 0 Å². The summed E-state index contributed by atoms with van der Waals surface area (Å²) in [5.74, 6) is -0.0804. The maximum atomic E-state index is 13.1. The van der Waals surface area contributed by atoms with Gasteiger partial charge >= 0.3 is 0 Å². The van der Waals surface area contributed by atoms with Gasteiger partial charge in [-0.25, -0.2) is 0 Å². The second-order valence-electron chi connectivity index (χ2n) is 6.49. The molecule has 2 rings (SSSR count). The van der Waals surface area contributed by atoms with Crippen LogP contribution in [0.2, 0.25) is 5.02 Å². The normalized spacial score (nSPS) is 15.9. The second kappa shape index (κ2) is 7.35. The number of benzene rings is 1. The molecular weight excluding hydrogens is 312 g/mol. The lowest BCUT2D eigenvalue weighted by atomic mass is 9.63. The van der Waals surface area contributed by atoms with Gasteiger partial charge in [0.2, 0.25) is 11.8 Å². The molecule has 1 N–H and O–H groups in total. The number of nitrogens with zero attached hydrogens (tertiary/aromatic N) is 1. The highest BCUT2D eigenvalue weighted by Crippen LogP contribution is 2.45. The van der Waals surface area contributed by atoms with Crippen LogP contribution in [0.4, 0.5) is 0 Å². The number of carbonyl (C=O) groups excluding carboxylic acids is 2. The highest BCUT2D eigenvalue weighted by atomic mass is 35.5. The molecule has 1 fully saturated rings. The number of halogens is 1. The molecule has 0 atom stereocenters. The van der Waals surface area contributed by atoms with Crippen molar-refractivity contribution in [2.45, 2.75) is 51.5 Å². The number of likely N-dealkylation sites (N-methyl/N-ethyl adjacent to an activating group) is 1. The van der Waals surface area contributed by atoms with Crippen molar-refractivity contribution >= 4 is 23.4 Å². The molecule has 0 heterocycles. The van der Waals surface area contributed by atoms with E-state index in [0.29, 0.717) is 11.6 Å². The molecule has 23 heavy (non-hydrogen) atoms. The Labute approximate surface area is 143 Å². The number of amides is 2. The van der Waals surface area contributed by atoms with Gasteiger partial charge in [-0.1, -0.05) is 30.2 Å². The molecule has 0 spiro atoms. The van der Waals surface area contributed by atoms with E-state index in [1.807, 2.05) is 45.0 Å². The van der Waals surface area contributed by atoms with E-state index >= 15 is 0 Å². The van der Waals surface area contributed by atoms with Crippen molar-refractivity contribution in [3.63, 3.8) is 0 Å². The summed E-state index contributed by atoms with van der Waals surface area (Å²) in [4.78, 5) is 26.8. The summed E-state index contributed by atoms with van der Waals surface area (Å²) in [6.07, 6.45) is 2.65. The highest BCUT2D eigenvalue weighted by Gasteiger charge is 2.47. The molecule has 1 aromatic rings. The van der Waals surface area contributed by atoms with E-state index in [0.717, 1.165) is 24.8 Å². The average molecular weight is 337 g/mol. The molecule has 0 saturated heterocycles. The predicted molar refractivity (Wildman–Crippen MR) is 92.5 cm³/mol. The van der Waals surface area contributed by atoms with E-state index in [1.54, 1.807) is 4.90 Å². The van der Waals surface area contributed by atoms with Crippen molar-refractivity contribution in [3.8, 4) is 0 Å². The molecule has 2 amide bonds. The van der Waals surface area contributed by atoms with Crippen LogP contribution in [0.3, 0.4) is 0 Å². The fourth-order valence-electron chi connectivity index (χ4n) is 3.11. The highest BCUT2D eigenvalue weighted by molar-refractivity contribution is 6.30. The van der Waals surface area contributed by atoms with Crippen LogP contribution in [0, 0.1) is 0 Å². The van der Waals surface area contributed by atoms with Gasteiger partial charge in [0.1, 0.15) is 0 Å². The lowest BCUT2D eigenvalue weighted by Crippen LogP contribution is -2.53. The quantitative estimate of drug-likeness (QED) is 0.867. The summed E-state index contributed by atoms with van der Waals surface area (Å²) < 4.78 is 0. The number of hydrogen-bond donors (Lipinski definition) is 1. The molecule has 0 radical (unpaired) electrons. The van der Waals surface area contributed by atoms with E-state index in [4.69, 9.17) is 11.6 Å². The van der Waals surface area contributed by atoms with Crippen LogP contribution < -0.4 is 5.32 Å². The number of rotatable bonds is 6. The molecule has 126 valence electrons. The molecule has 4 nitrogen and oxygen atoms in total. The molecule has 1 aromatic carbocycles. The van der Waals surface area contributed by atoms with E-state index in [-0.39, 0.29) is 24.4 Å². The smallest absolute Gasteiger partial charge is 0.239 e. The van der Waals surface area contributed by atoms with Crippen LogP contribution in [-0.4, -0.2) is 35.8 Å². The first-order valence-corrected chi connectivity index (χ1v) is 8.61. The average Bonchev–Trinajstić information content (AvgIpc) is 2.42. The molecular formula is C18H25ClN2O2. The van der Waals surface area contributed by atoms with Gasteiger partial charge < -0.3 is 10.2 Å². The molecule has 0 aromatic heterocycles. The van der Waals surface area contributed by atoms with Gasteiger partial charge in [0, 0.05) is 17.6 Å². The minimum atomic E-state index is -0.515. The van der Waals surface area contributed by atoms with E-state index in [9.17, 15) is 9.59 Å². The SMILES string of the molecule is CCN(CC(=O)NC(C)C)C(=O)C1(c2cccc(Cl)c2)CCC1. The summed E-state index contributed by atoms with van der Waals surface area (Å²) in [6, 6.07) is 7.61. The van der Waals surface area contributed by atoms with Gasteiger partial charge in [0.05, 0.1) is 12.0 Å². The summed E-state index contributed by atoms with van der Waals surface area (Å²) in [5, 5.41) is 3.49. The molecule has 0 aliphatic heterocycles. The number of hydrogen-bond acceptors (Lipinski definition) is 2. The minimum Gasteiger partial charge on any atom is -0.352 e. The van der Waals surface area contributed by atoms with Gasteiger partial charge in [-0.15, -0.1) is 0 Å². The standard InChI is InChI=1S/C18H25ClN2O2/c1-4-21(12-16(22)20-13(2)3)17(23)18(9-6-10-18)14-7-5-8-15(19)11-14/h5,7-8,11,13H,4,6,9-10,12H2,1-3H3,(H,20,22). The fraction of sp³-hybridized carbons (Fsp3) is 0.556. The Balaban J connectivity index is 2.19. The number of carbonyl (C=O) groups is 2. The molecule has 1 aliphatic carbocycles. The zero-order valence-electron chi connectivity index (χ0n) is 14.1. The Hall–Kier alpha value is -1.55. The summed E-state index contributed by atoms with van der Waals surface area (Å²) in [7, 11) is 0. The fourth-order valence-corrected chi connectivity index (χ4v) is 3.30. The van der Waals surface area contributed by atoms with Gasteiger partial charge in [-0.05, 0) is 51.3 Å². The van der Waals surface area contributed by atoms with Gasteiger partial charge in [-0.2, -0.15) is 0 Å². The molecule has 0 unspecified atom stereocenters. The van der Waals surface area contributed by atoms with Crippen LogP contribution in [0.5, 0.6) is 0 Å². The first-order chi connectivity index (χ1) is 10.9. The van der Waals surface area contributed by atoms with Crippen LogP contribution >= 0.6 is 11.6 Å². The third-order valence-electron chi connectivity index (χ3n) is 4.45.